The predicted octanol–water partition coefficient (Wildman–Crippen LogP) is 5.93. The van der Waals surface area contributed by atoms with E-state index < -0.39 is 42.2 Å². The molecule has 2 aromatic heterocycles. The van der Waals surface area contributed by atoms with E-state index >= 15 is 0 Å². The van der Waals surface area contributed by atoms with E-state index in [0.29, 0.717) is 22.9 Å². The molecule has 4 aromatic rings. The molecule has 0 aliphatic heterocycles. The van der Waals surface area contributed by atoms with Crippen LogP contribution in [0.4, 0.5) is 0 Å². The number of amides is 3. The van der Waals surface area contributed by atoms with Crippen LogP contribution in [0.2, 0.25) is 0 Å². The first kappa shape index (κ1) is 41.6. The lowest BCUT2D eigenvalue weighted by atomic mass is 9.95. The van der Waals surface area contributed by atoms with Gasteiger partial charge in [-0.2, -0.15) is 0 Å². The van der Waals surface area contributed by atoms with Crippen molar-refractivity contribution in [3.63, 3.8) is 0 Å². The van der Waals surface area contributed by atoms with Crippen LogP contribution in [-0.2, 0) is 26.2 Å². The first-order valence-corrected chi connectivity index (χ1v) is 19.2. The molecule has 0 aliphatic rings. The fraction of sp³-hybridized carbons (Fsp3) is 0.415. The van der Waals surface area contributed by atoms with Crippen molar-refractivity contribution in [2.75, 3.05) is 19.8 Å². The van der Waals surface area contributed by atoms with Crippen molar-refractivity contribution in [2.24, 2.45) is 0 Å². The fourth-order valence-electron chi connectivity index (χ4n) is 5.52. The first-order valence-electron chi connectivity index (χ1n) is 18.3. The Morgan fingerprint density at radius 1 is 0.815 bits per heavy atom. The lowest BCUT2D eigenvalue weighted by Gasteiger charge is -2.21. The van der Waals surface area contributed by atoms with E-state index in [9.17, 15) is 24.3 Å². The van der Waals surface area contributed by atoms with Gasteiger partial charge in [0.1, 0.15) is 17.8 Å². The molecule has 13 heteroatoms. The Bertz CT molecular complexity index is 1820. The molecule has 54 heavy (non-hydrogen) atoms. The molecule has 2 aromatic carbocycles. The van der Waals surface area contributed by atoms with Gasteiger partial charge in [-0.05, 0) is 47.2 Å². The number of hydrogen-bond acceptors (Lipinski definition) is 9. The number of carboxylic acids is 1. The quantitative estimate of drug-likeness (QED) is 0.0684. The Kier molecular flexibility index (Phi) is 15.7. The molecule has 0 fully saturated rings. The number of carbonyl (C=O) groups is 4. The van der Waals surface area contributed by atoms with Gasteiger partial charge in [0.2, 0.25) is 11.8 Å². The molecule has 2 atom stereocenters. The molecule has 0 aliphatic carbocycles. The van der Waals surface area contributed by atoms with Crippen LogP contribution in [-0.4, -0.2) is 75.7 Å². The van der Waals surface area contributed by atoms with Gasteiger partial charge in [0.25, 0.3) is 5.91 Å². The van der Waals surface area contributed by atoms with Gasteiger partial charge in [-0.25, -0.2) is 14.8 Å². The average Bonchev–Trinajstić information content (AvgIpc) is 3.67. The van der Waals surface area contributed by atoms with Crippen molar-refractivity contribution in [2.45, 2.75) is 90.1 Å². The van der Waals surface area contributed by atoms with Crippen LogP contribution in [0.15, 0.2) is 73.1 Å². The summed E-state index contributed by atoms with van der Waals surface area (Å²) in [4.78, 5) is 61.6. The third-order valence-corrected chi connectivity index (χ3v) is 10.1. The van der Waals surface area contributed by atoms with Crippen molar-refractivity contribution < 1.29 is 34.1 Å². The van der Waals surface area contributed by atoms with E-state index in [1.165, 1.54) is 37.0 Å². The number of carboxylic acid groups (broad SMARTS) is 1. The number of nitrogens with zero attached hydrogens (tertiary/aromatic N) is 2. The van der Waals surface area contributed by atoms with Crippen LogP contribution in [0.5, 0.6) is 5.75 Å². The molecule has 0 saturated carbocycles. The summed E-state index contributed by atoms with van der Waals surface area (Å²) >= 11 is 1.32. The Labute approximate surface area is 320 Å². The van der Waals surface area contributed by atoms with Crippen LogP contribution in [0, 0.1) is 0 Å². The van der Waals surface area contributed by atoms with E-state index in [-0.39, 0.29) is 25.0 Å². The summed E-state index contributed by atoms with van der Waals surface area (Å²) in [6, 6.07) is 15.9. The highest BCUT2D eigenvalue weighted by atomic mass is 32.1. The van der Waals surface area contributed by atoms with Crippen molar-refractivity contribution in [1.82, 2.24) is 25.9 Å². The summed E-state index contributed by atoms with van der Waals surface area (Å²) in [6.07, 6.45) is 8.94. The summed E-state index contributed by atoms with van der Waals surface area (Å²) in [6.45, 7) is 8.65. The predicted molar refractivity (Wildman–Crippen MR) is 209 cm³/mol. The molecule has 4 rings (SSSR count). The number of hydrogen-bond donors (Lipinski definition) is 5. The number of thiophene rings is 1. The molecule has 0 saturated heterocycles. The van der Waals surface area contributed by atoms with Crippen molar-refractivity contribution >= 4 is 35.0 Å². The normalized spacial score (nSPS) is 12.4. The monoisotopic (exact) mass is 757 g/mol. The van der Waals surface area contributed by atoms with Crippen LogP contribution in [0.25, 0.3) is 22.5 Å². The molecule has 0 unspecified atom stereocenters. The molecular weight excluding hydrogens is 707 g/mol. The minimum atomic E-state index is -1.55. The van der Waals surface area contributed by atoms with Crippen LogP contribution < -0.4 is 20.7 Å². The zero-order valence-corrected chi connectivity index (χ0v) is 32.2. The highest BCUT2D eigenvalue weighted by molar-refractivity contribution is 7.14. The van der Waals surface area contributed by atoms with Gasteiger partial charge in [0.15, 0.2) is 5.82 Å². The van der Waals surface area contributed by atoms with Gasteiger partial charge < -0.3 is 30.9 Å². The Balaban J connectivity index is 1.44. The highest BCUT2D eigenvalue weighted by Gasteiger charge is 2.29. The number of aromatic nitrogens is 2. The maximum Gasteiger partial charge on any atom is 0.326 e. The lowest BCUT2D eigenvalue weighted by molar-refractivity contribution is -0.143. The topological polar surface area (TPSA) is 180 Å². The summed E-state index contributed by atoms with van der Waals surface area (Å²) in [5.74, 6) is -1.97. The SMILES string of the molecule is CCCCCCCOc1ccc(-c2cnc(-c3ccc(C[C@H](NC(=O)c4ccc(C(C)(C)C)s4)C(=O)N[C@@H](CC(=O)NCCO)C(=O)O)cc3)nc2)cc1. The molecule has 0 bridgehead atoms. The second-order valence-corrected chi connectivity index (χ2v) is 15.2. The fourth-order valence-corrected chi connectivity index (χ4v) is 6.48. The summed E-state index contributed by atoms with van der Waals surface area (Å²) in [7, 11) is 0. The Morgan fingerprint density at radius 2 is 1.48 bits per heavy atom. The summed E-state index contributed by atoms with van der Waals surface area (Å²) < 4.78 is 5.88. The number of rotatable bonds is 20. The second-order valence-electron chi connectivity index (χ2n) is 14.1. The minimum Gasteiger partial charge on any atom is -0.494 e. The van der Waals surface area contributed by atoms with Gasteiger partial charge in [0, 0.05) is 41.4 Å². The Hall–Kier alpha value is -5.14. The molecule has 3 amide bonds. The van der Waals surface area contributed by atoms with Crippen LogP contribution in [0.1, 0.15) is 86.3 Å². The van der Waals surface area contributed by atoms with E-state index in [1.807, 2.05) is 63.2 Å². The maximum atomic E-state index is 13.6. The smallest absolute Gasteiger partial charge is 0.326 e. The van der Waals surface area contributed by atoms with Crippen molar-refractivity contribution in [3.05, 3.63) is 88.4 Å². The lowest BCUT2D eigenvalue weighted by Crippen LogP contribution is -2.53. The zero-order valence-electron chi connectivity index (χ0n) is 31.4. The molecular formula is C41H51N5O7S. The van der Waals surface area contributed by atoms with Gasteiger partial charge in [-0.1, -0.05) is 89.8 Å². The number of ether oxygens (including phenoxy) is 1. The van der Waals surface area contributed by atoms with Crippen LogP contribution >= 0.6 is 11.3 Å². The van der Waals surface area contributed by atoms with Gasteiger partial charge in [0.05, 0.1) is 24.5 Å². The van der Waals surface area contributed by atoms with Crippen LogP contribution in [0.3, 0.4) is 0 Å². The summed E-state index contributed by atoms with van der Waals surface area (Å²) in [5, 5.41) is 26.3. The van der Waals surface area contributed by atoms with Gasteiger partial charge in [-0.3, -0.25) is 14.4 Å². The number of aliphatic hydroxyl groups is 1. The van der Waals surface area contributed by atoms with Crippen molar-refractivity contribution in [3.8, 4) is 28.3 Å². The van der Waals surface area contributed by atoms with Gasteiger partial charge in [-0.15, -0.1) is 11.3 Å². The first-order chi connectivity index (χ1) is 25.9. The van der Waals surface area contributed by atoms with E-state index in [0.717, 1.165) is 33.7 Å². The molecule has 5 N–H and O–H groups in total. The number of nitrogens with one attached hydrogen (secondary N) is 3. The van der Waals surface area contributed by atoms with Crippen molar-refractivity contribution in [1.29, 1.82) is 0 Å². The number of aliphatic carboxylic acids is 1. The molecule has 288 valence electrons. The summed E-state index contributed by atoms with van der Waals surface area (Å²) in [5.41, 5.74) is 3.08. The van der Waals surface area contributed by atoms with E-state index in [4.69, 9.17) is 9.84 Å². The highest BCUT2D eigenvalue weighted by Crippen LogP contribution is 2.29. The second kappa shape index (κ2) is 20.4. The number of unbranched alkanes of at least 4 members (excludes halogenated alkanes) is 4. The Morgan fingerprint density at radius 3 is 2.09 bits per heavy atom. The average molecular weight is 758 g/mol. The maximum absolute atomic E-state index is 13.6. The van der Waals surface area contributed by atoms with E-state index in [1.54, 1.807) is 30.6 Å². The molecule has 2 heterocycles. The minimum absolute atomic E-state index is 0.0385. The van der Waals surface area contributed by atoms with Gasteiger partial charge >= 0.3 is 5.97 Å². The van der Waals surface area contributed by atoms with E-state index in [2.05, 4.69) is 32.8 Å². The zero-order chi connectivity index (χ0) is 39.1. The third-order valence-electron chi connectivity index (χ3n) is 8.64. The number of aliphatic hydroxyl groups excluding tert-OH is 1. The molecule has 12 nitrogen and oxygen atoms in total. The third kappa shape index (κ3) is 12.8. The number of carbonyl (C=O) groups excluding carboxylic acids is 3. The number of benzene rings is 2. The molecule has 0 spiro atoms. The largest absolute Gasteiger partial charge is 0.494 e. The standard InChI is InChI=1S/C41H51N5O7S/c1-5-6-7-8-9-22-53-31-16-14-28(15-17-31)30-25-43-37(44-26-30)29-12-10-27(11-13-29)23-32(45-39(50)34-18-19-35(54-34)41(2,3)4)38(49)46-33(40(51)52)24-36(48)42-20-21-47/h10-19,25-26,32-33,47H,5-9,20-24H2,1-4H3,(H,42,48)(H,45,50)(H,46,49)(H,51,52)/t32-,33-/m0/s1. The molecule has 0 radical (unpaired) electrons.